The Hall–Kier alpha value is -6.44. The van der Waals surface area contributed by atoms with Crippen LogP contribution < -0.4 is 4.90 Å². The normalized spacial score (nSPS) is 16.9. The molecule has 1 unspecified atom stereocenters. The van der Waals surface area contributed by atoms with Crippen molar-refractivity contribution in [3.8, 4) is 33.4 Å². The van der Waals surface area contributed by atoms with Crippen LogP contribution in [0.15, 0.2) is 200 Å². The van der Waals surface area contributed by atoms with E-state index in [-0.39, 0.29) is 0 Å². The molecule has 0 N–H and O–H groups in total. The molecule has 2 aliphatic rings. The van der Waals surface area contributed by atoms with Gasteiger partial charge in [-0.3, -0.25) is 0 Å². The van der Waals surface area contributed by atoms with Gasteiger partial charge in [0.1, 0.15) is 0 Å². The van der Waals surface area contributed by atoms with Crippen molar-refractivity contribution in [1.82, 2.24) is 0 Å². The van der Waals surface area contributed by atoms with E-state index in [0.29, 0.717) is 5.56 Å². The number of allylic oxidation sites excluding steroid dienone is 2. The van der Waals surface area contributed by atoms with Gasteiger partial charge in [0, 0.05) is 19.8 Å². The van der Waals surface area contributed by atoms with Crippen molar-refractivity contribution in [2.24, 2.45) is 0 Å². The summed E-state index contributed by atoms with van der Waals surface area (Å²) < 4.78 is 17.9. The smallest absolute Gasteiger partial charge is 0.0647 e. The highest BCUT2D eigenvalue weighted by atomic mass is 15.1. The largest absolute Gasteiger partial charge is 0.310 e. The van der Waals surface area contributed by atoms with E-state index in [9.17, 15) is 0 Å². The average Bonchev–Trinajstić information content (AvgIpc) is 3.50. The lowest BCUT2D eigenvalue weighted by atomic mass is 9.68. The maximum absolute atomic E-state index is 8.93. The van der Waals surface area contributed by atoms with Gasteiger partial charge in [-0.15, -0.1) is 0 Å². The van der Waals surface area contributed by atoms with Gasteiger partial charge in [-0.2, -0.15) is 0 Å². The average molecular weight is 652 g/mol. The van der Waals surface area contributed by atoms with E-state index in [1.54, 1.807) is 6.08 Å². The van der Waals surface area contributed by atoms with E-state index in [0.717, 1.165) is 28.2 Å². The highest BCUT2D eigenvalue weighted by Gasteiger charge is 2.45. The third-order valence-corrected chi connectivity index (χ3v) is 10.7. The van der Waals surface area contributed by atoms with Crippen LogP contribution in [0.5, 0.6) is 0 Å². The Labute approximate surface area is 302 Å². The molecule has 1 nitrogen and oxygen atoms in total. The van der Waals surface area contributed by atoms with Gasteiger partial charge in [0.2, 0.25) is 0 Å². The number of nitrogens with zero attached hydrogens (tertiary/aromatic N) is 1. The minimum Gasteiger partial charge on any atom is -0.310 e. The highest BCUT2D eigenvalue weighted by molar-refractivity contribution is 5.97. The van der Waals surface area contributed by atoms with Crippen LogP contribution >= 0.6 is 0 Å². The molecule has 1 atom stereocenters. The molecule has 0 fully saturated rings. The summed E-state index contributed by atoms with van der Waals surface area (Å²) in [6.45, 7) is 0. The van der Waals surface area contributed by atoms with Gasteiger partial charge in [-0.25, -0.2) is 0 Å². The van der Waals surface area contributed by atoms with Crippen molar-refractivity contribution < 1.29 is 2.74 Å². The molecule has 0 saturated carbocycles. The fraction of sp³-hybridized carbons (Fsp3) is 0.0400. The topological polar surface area (TPSA) is 3.24 Å². The second kappa shape index (κ2) is 11.9. The molecule has 0 radical (unpaired) electrons. The van der Waals surface area contributed by atoms with Crippen LogP contribution in [0.2, 0.25) is 0 Å². The van der Waals surface area contributed by atoms with Gasteiger partial charge < -0.3 is 4.90 Å². The van der Waals surface area contributed by atoms with Gasteiger partial charge in [0.25, 0.3) is 0 Å². The van der Waals surface area contributed by atoms with Crippen LogP contribution in [0, 0.1) is 0 Å². The molecule has 1 spiro atoms. The molecule has 8 aromatic carbocycles. The van der Waals surface area contributed by atoms with Crippen LogP contribution in [0.4, 0.5) is 17.1 Å². The Morgan fingerprint density at radius 1 is 0.431 bits per heavy atom. The predicted molar refractivity (Wildman–Crippen MR) is 214 cm³/mol. The molecule has 0 saturated heterocycles. The first-order chi connectivity index (χ1) is 26.0. The van der Waals surface area contributed by atoms with Gasteiger partial charge >= 0.3 is 0 Å². The van der Waals surface area contributed by atoms with Gasteiger partial charge in [0.05, 0.1) is 5.41 Å². The number of benzene rings is 8. The van der Waals surface area contributed by atoms with Crippen molar-refractivity contribution >= 4 is 27.8 Å². The zero-order valence-electron chi connectivity index (χ0n) is 30.0. The van der Waals surface area contributed by atoms with Crippen LogP contribution in [-0.2, 0) is 11.8 Å². The zero-order valence-corrected chi connectivity index (χ0v) is 28.0. The molecule has 0 bridgehead atoms. The number of hydrogen-bond acceptors (Lipinski definition) is 1. The Morgan fingerprint density at radius 3 is 1.84 bits per heavy atom. The standard InChI is InChI=1S/C50H35N/c1-2-12-35(13-3-1)36-23-27-40(28-24-36)51(41-29-25-38(26-30-41)44-20-10-16-37-14-4-6-18-43(37)44)42-31-32-46-45-19-7-9-22-48(45)50(49(46)34-42)33-11-17-39-15-5-8-21-47(39)50/h1-16,18-34H,17H2/i17D2. The Kier molecular flexibility index (Phi) is 6.37. The fourth-order valence-corrected chi connectivity index (χ4v) is 8.36. The Bertz CT molecular complexity index is 2690. The molecular formula is C50H35N. The maximum Gasteiger partial charge on any atom is 0.0647 e. The summed E-state index contributed by atoms with van der Waals surface area (Å²) in [6, 6.07) is 66.8. The fourth-order valence-electron chi connectivity index (χ4n) is 8.36. The summed E-state index contributed by atoms with van der Waals surface area (Å²) in [7, 11) is 0. The van der Waals surface area contributed by atoms with Crippen molar-refractivity contribution in [1.29, 1.82) is 0 Å². The van der Waals surface area contributed by atoms with E-state index in [1.165, 1.54) is 49.7 Å². The number of anilines is 3. The third-order valence-electron chi connectivity index (χ3n) is 10.7. The van der Waals surface area contributed by atoms with E-state index >= 15 is 0 Å². The minimum atomic E-state index is -1.56. The first-order valence-corrected chi connectivity index (χ1v) is 17.6. The van der Waals surface area contributed by atoms with Crippen molar-refractivity contribution in [2.45, 2.75) is 11.8 Å². The van der Waals surface area contributed by atoms with Crippen LogP contribution in [0.3, 0.4) is 0 Å². The molecule has 8 aromatic rings. The Balaban J connectivity index is 1.15. The lowest BCUT2D eigenvalue weighted by Gasteiger charge is -2.35. The molecular weight excluding hydrogens is 615 g/mol. The molecule has 0 heterocycles. The van der Waals surface area contributed by atoms with E-state index in [4.69, 9.17) is 2.74 Å². The molecule has 240 valence electrons. The lowest BCUT2D eigenvalue weighted by Crippen LogP contribution is -2.28. The summed E-state index contributed by atoms with van der Waals surface area (Å²) in [5.41, 5.74) is 13.7. The van der Waals surface area contributed by atoms with E-state index in [2.05, 4.69) is 175 Å². The summed E-state index contributed by atoms with van der Waals surface area (Å²) in [4.78, 5) is 2.34. The van der Waals surface area contributed by atoms with Crippen LogP contribution in [0.25, 0.3) is 44.2 Å². The highest BCUT2D eigenvalue weighted by Crippen LogP contribution is 2.56. The van der Waals surface area contributed by atoms with Crippen molar-refractivity contribution in [3.63, 3.8) is 0 Å². The van der Waals surface area contributed by atoms with Crippen molar-refractivity contribution in [2.75, 3.05) is 4.90 Å². The number of hydrogen-bond donors (Lipinski definition) is 0. The maximum atomic E-state index is 8.93. The number of fused-ring (bicyclic) bond motifs is 8. The molecule has 51 heavy (non-hydrogen) atoms. The third kappa shape index (κ3) is 4.70. The molecule has 2 aliphatic carbocycles. The SMILES string of the molecule is [2H]C1([2H])C=CC2(c3ccccc3-c3ccc(N(c4ccc(-c5ccccc5)cc4)c4ccc(-c5cccc6ccccc56)cc4)cc32)c2ccccc21. The zero-order chi connectivity index (χ0) is 35.6. The summed E-state index contributed by atoms with van der Waals surface area (Å²) in [6.07, 6.45) is 2.32. The van der Waals surface area contributed by atoms with Crippen molar-refractivity contribution in [3.05, 3.63) is 222 Å². The predicted octanol–water partition coefficient (Wildman–Crippen LogP) is 13.1. The second-order valence-corrected chi connectivity index (χ2v) is 13.4. The van der Waals surface area contributed by atoms with E-state index < -0.39 is 11.8 Å². The number of rotatable bonds is 5. The quantitative estimate of drug-likeness (QED) is 0.167. The molecule has 0 amide bonds. The lowest BCUT2D eigenvalue weighted by molar-refractivity contribution is 0.770. The minimum absolute atomic E-state index is 0.620. The van der Waals surface area contributed by atoms with Gasteiger partial charge in [-0.05, 0) is 109 Å². The van der Waals surface area contributed by atoms with Gasteiger partial charge in [-0.1, -0.05) is 164 Å². The molecule has 0 aliphatic heterocycles. The molecule has 1 heteroatoms. The molecule has 10 rings (SSSR count). The summed E-state index contributed by atoms with van der Waals surface area (Å²) in [5.74, 6) is 0. The first-order valence-electron chi connectivity index (χ1n) is 18.6. The Morgan fingerprint density at radius 2 is 1.02 bits per heavy atom. The summed E-state index contributed by atoms with van der Waals surface area (Å²) in [5, 5.41) is 2.47. The van der Waals surface area contributed by atoms with E-state index in [1.807, 2.05) is 24.3 Å². The van der Waals surface area contributed by atoms with Gasteiger partial charge in [0.15, 0.2) is 0 Å². The summed E-state index contributed by atoms with van der Waals surface area (Å²) >= 11 is 0. The monoisotopic (exact) mass is 651 g/mol. The molecule has 0 aromatic heterocycles. The first kappa shape index (κ1) is 27.4. The van der Waals surface area contributed by atoms with Crippen LogP contribution in [0.1, 0.15) is 25.0 Å². The second-order valence-electron chi connectivity index (χ2n) is 13.4. The van der Waals surface area contributed by atoms with Crippen LogP contribution in [-0.4, -0.2) is 0 Å².